The number of nitrogens with zero attached hydrogens (tertiary/aromatic N) is 3. The van der Waals surface area contributed by atoms with Crippen LogP contribution in [-0.4, -0.2) is 36.5 Å². The quantitative estimate of drug-likeness (QED) is 0.615. The molecule has 2 N–H and O–H groups in total. The van der Waals surface area contributed by atoms with Gasteiger partial charge in [0.1, 0.15) is 5.84 Å². The molecule has 0 spiro atoms. The van der Waals surface area contributed by atoms with Gasteiger partial charge in [0.2, 0.25) is 0 Å². The van der Waals surface area contributed by atoms with Crippen molar-refractivity contribution in [2.75, 3.05) is 11.9 Å². The molecule has 0 bridgehead atoms. The second kappa shape index (κ2) is 8.54. The van der Waals surface area contributed by atoms with E-state index in [1.807, 2.05) is 0 Å². The van der Waals surface area contributed by atoms with Crippen LogP contribution in [0.3, 0.4) is 0 Å². The van der Waals surface area contributed by atoms with Gasteiger partial charge in [-0.15, -0.1) is 0 Å². The molecule has 0 aliphatic carbocycles. The topological polar surface area (TPSA) is 123 Å². The Balaban J connectivity index is 1.67. The lowest BCUT2D eigenvalue weighted by Gasteiger charge is -2.14. The molecule has 0 saturated carbocycles. The predicted molar refractivity (Wildman–Crippen MR) is 123 cm³/mol. The molecule has 2 aromatic carbocycles. The van der Waals surface area contributed by atoms with E-state index < -0.39 is 15.9 Å². The van der Waals surface area contributed by atoms with E-state index in [0.29, 0.717) is 35.3 Å². The fraction of sp³-hybridized carbons (Fsp3) is 0.273. The number of aliphatic imine (C=N–C) groups is 1. The summed E-state index contributed by atoms with van der Waals surface area (Å²) in [5.41, 5.74) is 0.0983. The smallest absolute Gasteiger partial charge is 0.276 e. The number of amidine groups is 1. The number of amides is 1. The molecule has 1 aromatic heterocycles. The number of hydrogen-bond donors (Lipinski definition) is 2. The summed E-state index contributed by atoms with van der Waals surface area (Å²) in [6.45, 7) is 4.22. The number of aromatic nitrogens is 2. The van der Waals surface area contributed by atoms with Crippen molar-refractivity contribution in [2.24, 2.45) is 4.99 Å². The zero-order valence-electron chi connectivity index (χ0n) is 17.7. The molecule has 0 fully saturated rings. The molecular formula is C22H23N5O4S. The van der Waals surface area contributed by atoms with E-state index in [2.05, 4.69) is 20.1 Å². The summed E-state index contributed by atoms with van der Waals surface area (Å²) in [5.74, 6) is -0.107. The number of carbonyl (C=O) groups excluding carboxylic acids is 1. The van der Waals surface area contributed by atoms with E-state index in [1.54, 1.807) is 50.2 Å². The van der Waals surface area contributed by atoms with Crippen molar-refractivity contribution in [1.29, 1.82) is 0 Å². The third kappa shape index (κ3) is 4.26. The highest BCUT2D eigenvalue weighted by Crippen LogP contribution is 2.19. The van der Waals surface area contributed by atoms with Gasteiger partial charge in [0, 0.05) is 24.0 Å². The predicted octanol–water partition coefficient (Wildman–Crippen LogP) is 2.70. The molecule has 9 nitrogen and oxygen atoms in total. The number of hydrogen-bond acceptors (Lipinski definition) is 6. The first-order chi connectivity index (χ1) is 15.3. The third-order valence-electron chi connectivity index (χ3n) is 5.06. The summed E-state index contributed by atoms with van der Waals surface area (Å²) in [4.78, 5) is 29.9. The second-order valence-corrected chi connectivity index (χ2v) is 9.44. The van der Waals surface area contributed by atoms with Crippen LogP contribution < -0.4 is 15.6 Å². The van der Waals surface area contributed by atoms with Gasteiger partial charge in [-0.2, -0.15) is 5.10 Å². The lowest BCUT2D eigenvalue weighted by molar-refractivity contribution is 0.102. The third-order valence-corrected chi connectivity index (χ3v) is 6.44. The van der Waals surface area contributed by atoms with Gasteiger partial charge in [0.15, 0.2) is 5.69 Å². The van der Waals surface area contributed by atoms with E-state index in [1.165, 1.54) is 16.8 Å². The maximum absolute atomic E-state index is 13.1. The average molecular weight is 454 g/mol. The molecule has 32 heavy (non-hydrogen) atoms. The molecule has 1 amide bonds. The number of nitrogens with one attached hydrogen (secondary N) is 2. The van der Waals surface area contributed by atoms with Gasteiger partial charge in [-0.25, -0.2) is 13.1 Å². The minimum absolute atomic E-state index is 0.00914. The highest BCUT2D eigenvalue weighted by atomic mass is 32.2. The summed E-state index contributed by atoms with van der Waals surface area (Å²) in [6.07, 6.45) is 1.40. The maximum Gasteiger partial charge on any atom is 0.276 e. The van der Waals surface area contributed by atoms with Crippen LogP contribution in [0.2, 0.25) is 0 Å². The second-order valence-electron chi connectivity index (χ2n) is 7.76. The first kappa shape index (κ1) is 21.7. The van der Waals surface area contributed by atoms with E-state index in [0.717, 1.165) is 6.42 Å². The molecule has 3 aromatic rings. The van der Waals surface area contributed by atoms with E-state index in [-0.39, 0.29) is 22.2 Å². The summed E-state index contributed by atoms with van der Waals surface area (Å²) in [5, 5.41) is 7.80. The van der Waals surface area contributed by atoms with Crippen LogP contribution in [0.5, 0.6) is 0 Å². The minimum Gasteiger partial charge on any atom is -0.321 e. The van der Waals surface area contributed by atoms with Crippen molar-refractivity contribution in [2.45, 2.75) is 37.6 Å². The Kier molecular flexibility index (Phi) is 5.79. The highest BCUT2D eigenvalue weighted by molar-refractivity contribution is 7.90. The molecule has 10 heteroatoms. The molecule has 1 aliphatic heterocycles. The van der Waals surface area contributed by atoms with Crippen molar-refractivity contribution in [3.8, 4) is 0 Å². The maximum atomic E-state index is 13.1. The molecule has 1 aliphatic rings. The van der Waals surface area contributed by atoms with Crippen molar-refractivity contribution in [1.82, 2.24) is 14.5 Å². The molecule has 0 unspecified atom stereocenters. The average Bonchev–Trinajstić information content (AvgIpc) is 3.26. The number of carbonyl (C=O) groups is 1. The van der Waals surface area contributed by atoms with Crippen molar-refractivity contribution < 1.29 is 13.2 Å². The Bertz CT molecular complexity index is 1390. The van der Waals surface area contributed by atoms with Crippen LogP contribution in [0.1, 0.15) is 43.2 Å². The van der Waals surface area contributed by atoms with Crippen LogP contribution >= 0.6 is 0 Å². The Labute approximate surface area is 185 Å². The molecule has 0 atom stereocenters. The van der Waals surface area contributed by atoms with Crippen molar-refractivity contribution in [3.05, 3.63) is 64.6 Å². The normalized spacial score (nSPS) is 13.9. The summed E-state index contributed by atoms with van der Waals surface area (Å²) >= 11 is 0. The fourth-order valence-corrected chi connectivity index (χ4v) is 4.63. The summed E-state index contributed by atoms with van der Waals surface area (Å²) in [7, 11) is -3.82. The number of sulfonamides is 1. The Morgan fingerprint density at radius 3 is 2.53 bits per heavy atom. The van der Waals surface area contributed by atoms with Crippen molar-refractivity contribution in [3.63, 3.8) is 0 Å². The monoisotopic (exact) mass is 453 g/mol. The first-order valence-corrected chi connectivity index (χ1v) is 11.7. The van der Waals surface area contributed by atoms with Gasteiger partial charge in [-0.1, -0.05) is 24.3 Å². The standard InChI is InChI=1S/C22H23N5O4S/c1-14(2)27-22(29)18-10-4-3-9-17(18)20(25-27)21(28)24-15-7-5-8-16(13-15)32(30,31)26-19-11-6-12-23-19/h3-5,7-10,13-14H,6,11-12H2,1-2H3,(H,23,26)(H,24,28). The fourth-order valence-electron chi connectivity index (χ4n) is 3.49. The molecule has 2 heterocycles. The zero-order chi connectivity index (χ0) is 22.9. The van der Waals surface area contributed by atoms with Gasteiger partial charge in [-0.05, 0) is 44.5 Å². The highest BCUT2D eigenvalue weighted by Gasteiger charge is 2.21. The van der Waals surface area contributed by atoms with Crippen molar-refractivity contribution >= 4 is 38.2 Å². The van der Waals surface area contributed by atoms with Gasteiger partial charge < -0.3 is 5.32 Å². The molecule has 0 saturated heterocycles. The Hall–Kier alpha value is -3.53. The number of fused-ring (bicyclic) bond motifs is 1. The van der Waals surface area contributed by atoms with Crippen LogP contribution in [0.15, 0.2) is 63.2 Å². The molecule has 166 valence electrons. The minimum atomic E-state index is -3.82. The first-order valence-electron chi connectivity index (χ1n) is 10.3. The van der Waals surface area contributed by atoms with Crippen LogP contribution in [0.4, 0.5) is 5.69 Å². The number of benzene rings is 2. The van der Waals surface area contributed by atoms with Gasteiger partial charge in [0.05, 0.1) is 16.3 Å². The molecular weight excluding hydrogens is 430 g/mol. The van der Waals surface area contributed by atoms with Crippen LogP contribution in [0, 0.1) is 0 Å². The van der Waals surface area contributed by atoms with Gasteiger partial charge in [-0.3, -0.25) is 19.3 Å². The lowest BCUT2D eigenvalue weighted by atomic mass is 10.1. The van der Waals surface area contributed by atoms with Gasteiger partial charge >= 0.3 is 0 Å². The zero-order valence-corrected chi connectivity index (χ0v) is 18.5. The largest absolute Gasteiger partial charge is 0.321 e. The summed E-state index contributed by atoms with van der Waals surface area (Å²) in [6, 6.07) is 12.5. The van der Waals surface area contributed by atoms with E-state index in [9.17, 15) is 18.0 Å². The SMILES string of the molecule is CC(C)n1nc(C(=O)Nc2cccc(S(=O)(=O)NC3=NCCC3)c2)c2ccccc2c1=O. The van der Waals surface area contributed by atoms with Crippen LogP contribution in [-0.2, 0) is 10.0 Å². The lowest BCUT2D eigenvalue weighted by Crippen LogP contribution is -2.29. The molecule has 0 radical (unpaired) electrons. The number of rotatable bonds is 5. The van der Waals surface area contributed by atoms with E-state index >= 15 is 0 Å². The molecule has 4 rings (SSSR count). The Morgan fingerprint density at radius 1 is 1.09 bits per heavy atom. The van der Waals surface area contributed by atoms with E-state index in [4.69, 9.17) is 0 Å². The Morgan fingerprint density at radius 2 is 1.84 bits per heavy atom. The van der Waals surface area contributed by atoms with Crippen LogP contribution in [0.25, 0.3) is 10.8 Å². The van der Waals surface area contributed by atoms with Gasteiger partial charge in [0.25, 0.3) is 21.5 Å². The number of anilines is 1. The summed E-state index contributed by atoms with van der Waals surface area (Å²) < 4.78 is 29.1.